The molecule has 2 saturated heterocycles. The van der Waals surface area contributed by atoms with Gasteiger partial charge in [-0.2, -0.15) is 5.26 Å². The molecule has 1 amide bonds. The molecule has 0 saturated carbocycles. The number of carbonyl (C=O) groups is 1. The first-order chi connectivity index (χ1) is 9.55. The van der Waals surface area contributed by atoms with Gasteiger partial charge in [0.1, 0.15) is 0 Å². The van der Waals surface area contributed by atoms with E-state index in [0.717, 1.165) is 22.0 Å². The summed E-state index contributed by atoms with van der Waals surface area (Å²) in [5, 5.41) is 19.0. The summed E-state index contributed by atoms with van der Waals surface area (Å²) in [5.41, 5.74) is 0.334. The number of piperidine rings is 1. The van der Waals surface area contributed by atoms with E-state index in [1.165, 1.54) is 0 Å². The molecule has 2 aliphatic rings. The van der Waals surface area contributed by atoms with E-state index in [2.05, 4.69) is 33.6 Å². The van der Waals surface area contributed by atoms with E-state index < -0.39 is 11.5 Å². The summed E-state index contributed by atoms with van der Waals surface area (Å²) in [4.78, 5) is 17.1. The highest BCUT2D eigenvalue weighted by molar-refractivity contribution is 14.1. The minimum atomic E-state index is -0.857. The van der Waals surface area contributed by atoms with Crippen molar-refractivity contribution in [2.45, 2.75) is 43.2 Å². The van der Waals surface area contributed by atoms with Gasteiger partial charge in [-0.25, -0.2) is 4.79 Å². The Kier molecular flexibility index (Phi) is 3.32. The predicted molar refractivity (Wildman–Crippen MR) is 80.2 cm³/mol. The lowest BCUT2D eigenvalue weighted by Gasteiger charge is -2.41. The average molecular weight is 383 g/mol. The van der Waals surface area contributed by atoms with Crippen LogP contribution in [0.5, 0.6) is 0 Å². The molecule has 6 heteroatoms. The summed E-state index contributed by atoms with van der Waals surface area (Å²) >= 11 is 2.19. The molecule has 0 aromatic carbocycles. The predicted octanol–water partition coefficient (Wildman–Crippen LogP) is 2.75. The van der Waals surface area contributed by atoms with Gasteiger partial charge in [0, 0.05) is 28.0 Å². The van der Waals surface area contributed by atoms with Crippen molar-refractivity contribution < 1.29 is 9.90 Å². The number of amides is 1. The summed E-state index contributed by atoms with van der Waals surface area (Å²) in [6, 6.07) is 4.37. The highest BCUT2D eigenvalue weighted by Crippen LogP contribution is 2.46. The minimum absolute atomic E-state index is 0.0382. The van der Waals surface area contributed by atoms with Crippen LogP contribution in [0.2, 0.25) is 0 Å². The highest BCUT2D eigenvalue weighted by Gasteiger charge is 2.51. The number of hydrogen-bond acceptors (Lipinski definition) is 3. The van der Waals surface area contributed by atoms with E-state index in [9.17, 15) is 15.2 Å². The summed E-state index contributed by atoms with van der Waals surface area (Å²) in [6.07, 6.45) is 5.53. The first-order valence-corrected chi connectivity index (χ1v) is 7.67. The van der Waals surface area contributed by atoms with Crippen molar-refractivity contribution in [2.24, 2.45) is 0 Å². The van der Waals surface area contributed by atoms with Crippen LogP contribution >= 0.6 is 22.6 Å². The summed E-state index contributed by atoms with van der Waals surface area (Å²) in [6.45, 7) is 0. The van der Waals surface area contributed by atoms with Crippen LogP contribution in [0.3, 0.4) is 0 Å². The van der Waals surface area contributed by atoms with Crippen molar-refractivity contribution in [3.8, 4) is 6.07 Å². The second-order valence-electron chi connectivity index (χ2n) is 5.57. The lowest BCUT2D eigenvalue weighted by atomic mass is 9.71. The largest absolute Gasteiger partial charge is 0.465 e. The standard InChI is InChI=1S/C14H14IN3O2/c15-10-3-9(6-17-7-10)14(8-16)4-11-1-2-12(5-14)18(11)13(19)20/h3,6-7,11-12H,1-2,4-5H2,(H,19,20)/t11-,12?,14?/m0/s1. The van der Waals surface area contributed by atoms with Gasteiger partial charge >= 0.3 is 6.09 Å². The zero-order chi connectivity index (χ0) is 14.3. The molecule has 0 aliphatic carbocycles. The van der Waals surface area contributed by atoms with Gasteiger partial charge in [-0.1, -0.05) is 0 Å². The molecule has 2 unspecified atom stereocenters. The first kappa shape index (κ1) is 13.6. The van der Waals surface area contributed by atoms with Crippen molar-refractivity contribution in [1.82, 2.24) is 9.88 Å². The van der Waals surface area contributed by atoms with Crippen molar-refractivity contribution in [3.63, 3.8) is 0 Å². The van der Waals surface area contributed by atoms with E-state index >= 15 is 0 Å². The molecule has 1 N–H and O–H groups in total. The number of fused-ring (bicyclic) bond motifs is 2. The molecule has 3 heterocycles. The molecule has 1 aromatic heterocycles. The van der Waals surface area contributed by atoms with Crippen LogP contribution < -0.4 is 0 Å². The Morgan fingerprint density at radius 3 is 2.60 bits per heavy atom. The second-order valence-corrected chi connectivity index (χ2v) is 6.81. The number of nitrogens with zero attached hydrogens (tertiary/aromatic N) is 3. The third kappa shape index (κ3) is 2.04. The smallest absolute Gasteiger partial charge is 0.407 e. The molecular weight excluding hydrogens is 369 g/mol. The van der Waals surface area contributed by atoms with Crippen molar-refractivity contribution >= 4 is 28.7 Å². The number of aromatic nitrogens is 1. The molecule has 0 spiro atoms. The number of pyridine rings is 1. The third-order valence-corrected chi connectivity index (χ3v) is 5.07. The topological polar surface area (TPSA) is 77.2 Å². The average Bonchev–Trinajstić information content (AvgIpc) is 2.71. The Bertz CT molecular complexity index is 584. The Balaban J connectivity index is 1.98. The molecule has 2 fully saturated rings. The maximum absolute atomic E-state index is 11.3. The lowest BCUT2D eigenvalue weighted by molar-refractivity contribution is 0.0856. The number of carboxylic acid groups (broad SMARTS) is 1. The number of hydrogen-bond donors (Lipinski definition) is 1. The fourth-order valence-electron chi connectivity index (χ4n) is 3.63. The van der Waals surface area contributed by atoms with Crippen molar-refractivity contribution in [1.29, 1.82) is 5.26 Å². The van der Waals surface area contributed by atoms with Crippen LogP contribution in [0.15, 0.2) is 18.5 Å². The first-order valence-electron chi connectivity index (χ1n) is 6.59. The third-order valence-electron chi connectivity index (χ3n) is 4.48. The summed E-state index contributed by atoms with van der Waals surface area (Å²) in [5.74, 6) is 0. The van der Waals surface area contributed by atoms with E-state index in [4.69, 9.17) is 0 Å². The van der Waals surface area contributed by atoms with E-state index in [-0.39, 0.29) is 12.1 Å². The maximum atomic E-state index is 11.3. The maximum Gasteiger partial charge on any atom is 0.407 e. The Hall–Kier alpha value is -1.36. The van der Waals surface area contributed by atoms with Gasteiger partial charge < -0.3 is 10.0 Å². The second kappa shape index (κ2) is 4.88. The van der Waals surface area contributed by atoms with E-state index in [1.54, 1.807) is 17.3 Å². The van der Waals surface area contributed by atoms with Gasteiger partial charge in [0.05, 0.1) is 11.5 Å². The molecule has 2 aliphatic heterocycles. The van der Waals surface area contributed by atoms with Gasteiger partial charge in [-0.15, -0.1) is 0 Å². The Morgan fingerprint density at radius 1 is 1.45 bits per heavy atom. The SMILES string of the molecule is N#CC1(c2cncc(I)c2)CC2CC[C@@H](C1)N2C(=O)O. The molecule has 1 aromatic rings. The quantitative estimate of drug-likeness (QED) is 0.757. The van der Waals surface area contributed by atoms with Crippen LogP contribution in [0, 0.1) is 14.9 Å². The van der Waals surface area contributed by atoms with Gasteiger partial charge in [0.2, 0.25) is 0 Å². The fraction of sp³-hybridized carbons (Fsp3) is 0.500. The monoisotopic (exact) mass is 383 g/mol. The molecule has 3 atom stereocenters. The number of nitriles is 1. The van der Waals surface area contributed by atoms with Gasteiger partial charge in [-0.3, -0.25) is 4.98 Å². The van der Waals surface area contributed by atoms with Crippen LogP contribution in [-0.4, -0.2) is 33.2 Å². The molecule has 20 heavy (non-hydrogen) atoms. The fourth-order valence-corrected chi connectivity index (χ4v) is 4.12. The van der Waals surface area contributed by atoms with Gasteiger partial charge in [0.15, 0.2) is 0 Å². The number of halogens is 1. The van der Waals surface area contributed by atoms with E-state index in [0.29, 0.717) is 12.8 Å². The zero-order valence-corrected chi connectivity index (χ0v) is 12.9. The molecular formula is C14H14IN3O2. The highest BCUT2D eigenvalue weighted by atomic mass is 127. The lowest BCUT2D eigenvalue weighted by Crippen LogP contribution is -2.51. The molecule has 2 bridgehead atoms. The molecule has 104 valence electrons. The van der Waals surface area contributed by atoms with E-state index in [1.807, 2.05) is 6.07 Å². The summed E-state index contributed by atoms with van der Waals surface area (Å²) in [7, 11) is 0. The number of rotatable bonds is 1. The Morgan fingerprint density at radius 2 is 2.10 bits per heavy atom. The van der Waals surface area contributed by atoms with Crippen LogP contribution in [0.25, 0.3) is 0 Å². The molecule has 5 nitrogen and oxygen atoms in total. The van der Waals surface area contributed by atoms with Crippen LogP contribution in [-0.2, 0) is 5.41 Å². The van der Waals surface area contributed by atoms with Crippen molar-refractivity contribution in [2.75, 3.05) is 0 Å². The van der Waals surface area contributed by atoms with Crippen LogP contribution in [0.1, 0.15) is 31.2 Å². The molecule has 0 radical (unpaired) electrons. The normalized spacial score (nSPS) is 31.9. The minimum Gasteiger partial charge on any atom is -0.465 e. The zero-order valence-electron chi connectivity index (χ0n) is 10.8. The summed E-state index contributed by atoms with van der Waals surface area (Å²) < 4.78 is 1.00. The van der Waals surface area contributed by atoms with Gasteiger partial charge in [0.25, 0.3) is 0 Å². The molecule has 3 rings (SSSR count). The van der Waals surface area contributed by atoms with Crippen LogP contribution in [0.4, 0.5) is 4.79 Å². The van der Waals surface area contributed by atoms with Crippen molar-refractivity contribution in [3.05, 3.63) is 27.6 Å². The Labute approximate surface area is 130 Å². The van der Waals surface area contributed by atoms with Gasteiger partial charge in [-0.05, 0) is 59.9 Å².